The fourth-order valence-corrected chi connectivity index (χ4v) is 2.23. The zero-order valence-corrected chi connectivity index (χ0v) is 10.7. The third-order valence-electron chi connectivity index (χ3n) is 2.99. The molecule has 1 aliphatic rings. The highest BCUT2D eigenvalue weighted by atomic mass is 35.5. The minimum Gasteiger partial charge on any atom is -0.379 e. The van der Waals surface area contributed by atoms with Gasteiger partial charge in [0.15, 0.2) is 0 Å². The second kappa shape index (κ2) is 5.10. The number of fused-ring (bicyclic) bond motifs is 1. The maximum absolute atomic E-state index is 5.98. The Morgan fingerprint density at radius 1 is 1.22 bits per heavy atom. The molecule has 1 saturated heterocycles. The Morgan fingerprint density at radius 2 is 2.06 bits per heavy atom. The molecule has 0 atom stereocenters. The number of rotatable bonds is 2. The lowest BCUT2D eigenvalue weighted by molar-refractivity contribution is 0.0497. The van der Waals surface area contributed by atoms with Gasteiger partial charge in [-0.15, -0.1) is 0 Å². The van der Waals surface area contributed by atoms with Crippen LogP contribution in [0.15, 0.2) is 30.5 Å². The quantitative estimate of drug-likeness (QED) is 0.904. The molecule has 0 bridgehead atoms. The summed E-state index contributed by atoms with van der Waals surface area (Å²) in [5.41, 5.74) is 5.37. The van der Waals surface area contributed by atoms with Crippen LogP contribution in [0.5, 0.6) is 0 Å². The summed E-state index contributed by atoms with van der Waals surface area (Å²) in [7, 11) is 0. The molecule has 18 heavy (non-hydrogen) atoms. The number of nitrogens with zero attached hydrogens (tertiary/aromatic N) is 2. The van der Waals surface area contributed by atoms with E-state index in [0.717, 1.165) is 42.9 Å². The first-order valence-corrected chi connectivity index (χ1v) is 6.34. The molecular formula is C13H14ClN3O. The predicted octanol–water partition coefficient (Wildman–Crippen LogP) is 2.55. The molecule has 1 aliphatic heterocycles. The molecule has 1 aromatic heterocycles. The molecule has 5 heteroatoms. The van der Waals surface area contributed by atoms with Crippen molar-refractivity contribution >= 4 is 28.2 Å². The molecule has 2 aromatic rings. The van der Waals surface area contributed by atoms with Gasteiger partial charge in [0.1, 0.15) is 0 Å². The fourth-order valence-electron chi connectivity index (χ4n) is 2.06. The lowest BCUT2D eigenvalue weighted by atomic mass is 10.2. The summed E-state index contributed by atoms with van der Waals surface area (Å²) in [4.78, 5) is 4.33. The van der Waals surface area contributed by atoms with E-state index in [4.69, 9.17) is 16.3 Å². The maximum Gasteiger partial charge on any atom is 0.0738 e. The Hall–Kier alpha value is -1.36. The van der Waals surface area contributed by atoms with Gasteiger partial charge in [-0.25, -0.2) is 5.01 Å². The number of pyridine rings is 1. The van der Waals surface area contributed by atoms with Crippen molar-refractivity contribution < 1.29 is 4.74 Å². The lowest BCUT2D eigenvalue weighted by Gasteiger charge is -2.28. The van der Waals surface area contributed by atoms with Gasteiger partial charge in [0.05, 0.1) is 24.4 Å². The van der Waals surface area contributed by atoms with Crippen molar-refractivity contribution in [3.05, 3.63) is 35.5 Å². The van der Waals surface area contributed by atoms with Crippen molar-refractivity contribution in [2.75, 3.05) is 31.7 Å². The van der Waals surface area contributed by atoms with E-state index in [2.05, 4.69) is 15.4 Å². The molecule has 0 radical (unpaired) electrons. The summed E-state index contributed by atoms with van der Waals surface area (Å²) in [5.74, 6) is 0. The van der Waals surface area contributed by atoms with Crippen molar-refractivity contribution in [2.24, 2.45) is 0 Å². The second-order valence-electron chi connectivity index (χ2n) is 4.23. The van der Waals surface area contributed by atoms with Gasteiger partial charge in [0.25, 0.3) is 0 Å². The molecule has 1 N–H and O–H groups in total. The minimum atomic E-state index is 0.707. The average molecular weight is 264 g/mol. The van der Waals surface area contributed by atoms with Gasteiger partial charge in [-0.1, -0.05) is 11.6 Å². The van der Waals surface area contributed by atoms with E-state index in [1.165, 1.54) is 0 Å². The topological polar surface area (TPSA) is 37.4 Å². The van der Waals surface area contributed by atoms with E-state index in [1.54, 1.807) is 6.20 Å². The summed E-state index contributed by atoms with van der Waals surface area (Å²) < 4.78 is 5.33. The highest BCUT2D eigenvalue weighted by Gasteiger charge is 2.11. The van der Waals surface area contributed by atoms with E-state index in [-0.39, 0.29) is 0 Å². The summed E-state index contributed by atoms with van der Waals surface area (Å²) >= 11 is 5.98. The van der Waals surface area contributed by atoms with Crippen LogP contribution in [0.4, 0.5) is 5.69 Å². The Balaban J connectivity index is 1.91. The number of aromatic nitrogens is 1. The number of benzene rings is 1. The molecule has 0 amide bonds. The summed E-state index contributed by atoms with van der Waals surface area (Å²) in [6.45, 7) is 3.30. The van der Waals surface area contributed by atoms with Crippen LogP contribution in [0.2, 0.25) is 5.02 Å². The van der Waals surface area contributed by atoms with Crippen LogP contribution < -0.4 is 5.43 Å². The molecule has 2 heterocycles. The van der Waals surface area contributed by atoms with Crippen molar-refractivity contribution in [3.8, 4) is 0 Å². The van der Waals surface area contributed by atoms with Gasteiger partial charge in [-0.2, -0.15) is 0 Å². The first-order valence-electron chi connectivity index (χ1n) is 5.96. The van der Waals surface area contributed by atoms with Crippen molar-refractivity contribution in [1.82, 2.24) is 9.99 Å². The third kappa shape index (κ3) is 2.41. The van der Waals surface area contributed by atoms with Gasteiger partial charge in [0.2, 0.25) is 0 Å². The number of nitrogens with one attached hydrogen (secondary N) is 1. The molecule has 94 valence electrons. The first kappa shape index (κ1) is 11.7. The smallest absolute Gasteiger partial charge is 0.0738 e. The highest BCUT2D eigenvalue weighted by molar-refractivity contribution is 6.31. The monoisotopic (exact) mass is 263 g/mol. The molecular weight excluding hydrogens is 250 g/mol. The summed E-state index contributed by atoms with van der Waals surface area (Å²) in [6.07, 6.45) is 1.79. The Kier molecular flexibility index (Phi) is 3.32. The van der Waals surface area contributed by atoms with Gasteiger partial charge in [-0.05, 0) is 24.3 Å². The zero-order chi connectivity index (χ0) is 12.4. The van der Waals surface area contributed by atoms with Crippen LogP contribution in [-0.4, -0.2) is 36.3 Å². The molecule has 0 spiro atoms. The average Bonchev–Trinajstić information content (AvgIpc) is 2.40. The zero-order valence-electron chi connectivity index (χ0n) is 9.90. The van der Waals surface area contributed by atoms with E-state index in [0.29, 0.717) is 5.02 Å². The number of hydrogen-bond donors (Lipinski definition) is 1. The number of morpholine rings is 1. The summed E-state index contributed by atoms with van der Waals surface area (Å²) in [6, 6.07) is 7.73. The van der Waals surface area contributed by atoms with Crippen LogP contribution in [-0.2, 0) is 4.74 Å². The van der Waals surface area contributed by atoms with E-state index >= 15 is 0 Å². The number of halogens is 1. The molecule has 0 aliphatic carbocycles. The number of ether oxygens (including phenoxy) is 1. The normalized spacial score (nSPS) is 16.9. The molecule has 1 aromatic carbocycles. The third-order valence-corrected chi connectivity index (χ3v) is 3.23. The molecule has 0 unspecified atom stereocenters. The van der Waals surface area contributed by atoms with Crippen LogP contribution in [0.25, 0.3) is 10.9 Å². The SMILES string of the molecule is Clc1ccc2c(NN3CCOCC3)ccnc2c1. The highest BCUT2D eigenvalue weighted by Crippen LogP contribution is 2.24. The van der Waals surface area contributed by atoms with Gasteiger partial charge in [0, 0.05) is 29.7 Å². The van der Waals surface area contributed by atoms with Gasteiger partial charge >= 0.3 is 0 Å². The maximum atomic E-state index is 5.98. The van der Waals surface area contributed by atoms with Gasteiger partial charge in [-0.3, -0.25) is 4.98 Å². The van der Waals surface area contributed by atoms with Crippen molar-refractivity contribution in [2.45, 2.75) is 0 Å². The van der Waals surface area contributed by atoms with Crippen molar-refractivity contribution in [3.63, 3.8) is 0 Å². The van der Waals surface area contributed by atoms with Crippen molar-refractivity contribution in [1.29, 1.82) is 0 Å². The molecule has 4 nitrogen and oxygen atoms in total. The molecule has 0 saturated carbocycles. The van der Waals surface area contributed by atoms with E-state index < -0.39 is 0 Å². The van der Waals surface area contributed by atoms with Crippen LogP contribution >= 0.6 is 11.6 Å². The van der Waals surface area contributed by atoms with Crippen LogP contribution in [0.1, 0.15) is 0 Å². The van der Waals surface area contributed by atoms with Gasteiger partial charge < -0.3 is 10.2 Å². The number of anilines is 1. The molecule has 1 fully saturated rings. The predicted molar refractivity (Wildman–Crippen MR) is 72.8 cm³/mol. The number of hydrazine groups is 1. The number of hydrogen-bond acceptors (Lipinski definition) is 4. The Bertz CT molecular complexity index is 555. The van der Waals surface area contributed by atoms with Crippen LogP contribution in [0, 0.1) is 0 Å². The second-order valence-corrected chi connectivity index (χ2v) is 4.67. The lowest BCUT2D eigenvalue weighted by Crippen LogP contribution is -2.40. The first-order chi connectivity index (χ1) is 8.83. The Labute approximate surface area is 110 Å². The minimum absolute atomic E-state index is 0.707. The van der Waals surface area contributed by atoms with Crippen LogP contribution in [0.3, 0.4) is 0 Å². The largest absolute Gasteiger partial charge is 0.379 e. The van der Waals surface area contributed by atoms with E-state index in [1.807, 2.05) is 24.3 Å². The molecule has 3 rings (SSSR count). The summed E-state index contributed by atoms with van der Waals surface area (Å²) in [5, 5.41) is 3.94. The Morgan fingerprint density at radius 3 is 2.89 bits per heavy atom. The fraction of sp³-hybridized carbons (Fsp3) is 0.308. The standard InChI is InChI=1S/C13H14ClN3O/c14-10-1-2-11-12(3-4-15-13(11)9-10)16-17-5-7-18-8-6-17/h1-4,9H,5-8H2,(H,15,16). The van der Waals surface area contributed by atoms with E-state index in [9.17, 15) is 0 Å².